The highest BCUT2D eigenvalue weighted by molar-refractivity contribution is 7.24. The summed E-state index contributed by atoms with van der Waals surface area (Å²) in [6.07, 6.45) is 0. The molecule has 0 unspecified atom stereocenters. The molecule has 2 aliphatic rings. The van der Waals surface area contributed by atoms with Gasteiger partial charge in [-0.3, -0.25) is 26.7 Å². The normalized spacial score (nSPS) is 14.4. The molecule has 22 rings (SSSR count). The molecule has 0 amide bonds. The van der Waals surface area contributed by atoms with Crippen molar-refractivity contribution in [2.45, 2.75) is 84.7 Å². The summed E-state index contributed by atoms with van der Waals surface area (Å²) in [5, 5.41) is 2.50. The van der Waals surface area contributed by atoms with Gasteiger partial charge in [-0.25, -0.2) is 19.9 Å². The van der Waals surface area contributed by atoms with Gasteiger partial charge in [0.15, 0.2) is 9.92 Å². The van der Waals surface area contributed by atoms with Crippen LogP contribution in [0.4, 0.5) is 0 Å². The van der Waals surface area contributed by atoms with Gasteiger partial charge in [0.25, 0.3) is 0 Å². The molecule has 0 fully saturated rings. The predicted octanol–water partition coefficient (Wildman–Crippen LogP) is 22.2. The van der Waals surface area contributed by atoms with E-state index in [9.17, 15) is 0 Å². The first-order valence-corrected chi connectivity index (χ1v) is 40.4. The largest absolute Gasteiger partial charge is 0.458 e. The lowest BCUT2D eigenvalue weighted by molar-refractivity contribution is 0.413. The van der Waals surface area contributed by atoms with Crippen LogP contribution in [0.2, 0.25) is 13.1 Å². The zero-order chi connectivity index (χ0) is 69.9. The maximum Gasteiger partial charge on any atom is 0.220 e. The summed E-state index contributed by atoms with van der Waals surface area (Å²) < 4.78 is 30.7. The number of hydrogen-bond donors (Lipinski definition) is 0. The van der Waals surface area contributed by atoms with E-state index in [0.717, 1.165) is 139 Å². The van der Waals surface area contributed by atoms with Crippen molar-refractivity contribution in [1.82, 2.24) is 46.7 Å². The highest BCUT2D eigenvalue weighted by Crippen LogP contribution is 2.55. The molecule has 10 heterocycles. The van der Waals surface area contributed by atoms with Gasteiger partial charge in [-0.15, -0.1) is 0 Å². The third-order valence-electron chi connectivity index (χ3n) is 22.7. The first-order chi connectivity index (χ1) is 50.3. The van der Waals surface area contributed by atoms with Crippen molar-refractivity contribution >= 4 is 149 Å². The van der Waals surface area contributed by atoms with Crippen molar-refractivity contribution in [1.29, 1.82) is 0 Å². The monoisotopic (exact) mass is 1400 g/mol. The minimum Gasteiger partial charge on any atom is -0.458 e. The van der Waals surface area contributed by atoms with Gasteiger partial charge in [-0.05, 0) is 188 Å². The van der Waals surface area contributed by atoms with E-state index in [1.165, 1.54) is 69.8 Å². The summed E-state index contributed by atoms with van der Waals surface area (Å²) in [6, 6.07) is 84.2. The minimum absolute atomic E-state index is 0.181. The molecule has 0 N–H and O–H groups in total. The molecular weight excluding hydrogens is 1330 g/mol. The number of benzene rings is 12. The summed E-state index contributed by atoms with van der Waals surface area (Å²) in [5.41, 5.74) is 28.0. The molecule has 104 heavy (non-hydrogen) atoms. The number of rotatable bonds is 5. The Labute approximate surface area is 606 Å². The third-order valence-corrected chi connectivity index (χ3v) is 28.3. The zero-order valence-corrected chi connectivity index (χ0v) is 61.7. The van der Waals surface area contributed by atoms with Crippen LogP contribution in [0, 0.1) is 0 Å². The van der Waals surface area contributed by atoms with Gasteiger partial charge in [0.05, 0.1) is 92.3 Å². The van der Waals surface area contributed by atoms with Crippen LogP contribution in [0.1, 0.15) is 77.6 Å². The quantitative estimate of drug-likeness (QED) is 0.159. The molecule has 12 nitrogen and oxygen atoms in total. The third kappa shape index (κ3) is 8.22. The Morgan fingerprint density at radius 3 is 1.38 bits per heavy atom. The summed E-state index contributed by atoms with van der Waals surface area (Å²) in [7, 11) is -2.38. The highest BCUT2D eigenvalue weighted by atomic mass is 32.1. The minimum atomic E-state index is -2.38. The van der Waals surface area contributed by atoms with Gasteiger partial charge in [-0.1, -0.05) is 182 Å². The van der Waals surface area contributed by atoms with E-state index in [2.05, 4.69) is 326 Å². The summed E-state index contributed by atoms with van der Waals surface area (Å²) in [4.78, 5) is 23.0. The van der Waals surface area contributed by atoms with E-state index < -0.39 is 13.5 Å². The van der Waals surface area contributed by atoms with Crippen molar-refractivity contribution in [2.24, 2.45) is 0 Å². The van der Waals surface area contributed by atoms with Crippen LogP contribution in [-0.2, 0) is 16.2 Å². The lowest BCUT2D eigenvalue weighted by Crippen LogP contribution is -2.56. The molecule has 0 aliphatic carbocycles. The van der Waals surface area contributed by atoms with Crippen molar-refractivity contribution in [3.05, 3.63) is 253 Å². The van der Waals surface area contributed by atoms with Crippen LogP contribution in [0.5, 0.6) is 23.0 Å². The second kappa shape index (κ2) is 20.6. The fraction of sp³-hybridized carbons (Fsp3) is 0.146. The molecule has 0 saturated heterocycles. The molecule has 15 heteroatoms. The zero-order valence-electron chi connectivity index (χ0n) is 59.0. The topological polar surface area (TPSA) is 97.5 Å². The summed E-state index contributed by atoms with van der Waals surface area (Å²) in [6.45, 7) is 23.6. The number of aromatic nitrogens is 10. The Balaban J connectivity index is 0.634. The standard InChI is InChI=1S/C89H68N10O2S2Si/c1-87(2,3)57-47-76-59(45-55(57)53-21-19-31-71-81(53)102-85-92-63-25-13-16-28-67(63)98(71)85)89(7,8)60-46-56(58(88(4,5)6)48-77(60)101-76)54-22-20-32-72-82(54)103-86-93-64-37-33-49(41-73(64)99(72)86)50-34-38-70-74(42-50)97-66-27-15-12-24-62(66)91-84(97)95(70)52-35-39-75-80(44-52)104(9,10)79-40-36-51(43-78(79)100-75)94-68-29-17-18-30-69(68)96-65-26-14-11-23-61(65)90-83(94)96/h11-48H,1-10H3. The van der Waals surface area contributed by atoms with Gasteiger partial charge in [0.2, 0.25) is 11.6 Å². The van der Waals surface area contributed by atoms with Gasteiger partial charge < -0.3 is 9.47 Å². The lowest BCUT2D eigenvalue weighted by Gasteiger charge is -2.38. The number of thiazole rings is 2. The molecule has 0 radical (unpaired) electrons. The van der Waals surface area contributed by atoms with E-state index in [4.69, 9.17) is 29.4 Å². The van der Waals surface area contributed by atoms with E-state index in [-0.39, 0.29) is 10.8 Å². The van der Waals surface area contributed by atoms with E-state index in [1.807, 2.05) is 0 Å². The van der Waals surface area contributed by atoms with Crippen molar-refractivity contribution in [3.8, 4) is 67.8 Å². The fourth-order valence-electron chi connectivity index (χ4n) is 17.5. The van der Waals surface area contributed by atoms with Gasteiger partial charge >= 0.3 is 0 Å². The maximum absolute atomic E-state index is 7.27. The first-order valence-electron chi connectivity index (χ1n) is 35.8. The van der Waals surface area contributed by atoms with Crippen molar-refractivity contribution in [2.75, 3.05) is 0 Å². The number of hydrogen-bond acceptors (Lipinski definition) is 8. The van der Waals surface area contributed by atoms with Crippen LogP contribution < -0.4 is 19.8 Å². The molecule has 20 aromatic rings. The first kappa shape index (κ1) is 60.0. The van der Waals surface area contributed by atoms with Crippen LogP contribution in [0.3, 0.4) is 0 Å². The predicted molar refractivity (Wildman–Crippen MR) is 432 cm³/mol. The molecule has 502 valence electrons. The SMILES string of the molecule is CC(C)(C)c1cc2c(cc1-c1cccc3c1sc1nc4ccccc4n13)C(C)(C)c1cc(-c3cccc4c3sc3nc5ccc(-c6ccc7c(c6)n6c8ccccc8nc6n7-c6ccc7c(c6)[Si](C)(C)c6ccc(-n8c9ccccc9n9c%10ccccc%10nc89)cc6O7)cc5n34)c(C(C)(C)C)cc1O2. The Bertz CT molecular complexity index is 7230. The molecule has 12 aromatic carbocycles. The van der Waals surface area contributed by atoms with Gasteiger partial charge in [-0.2, -0.15) is 0 Å². The lowest BCUT2D eigenvalue weighted by atomic mass is 9.70. The summed E-state index contributed by atoms with van der Waals surface area (Å²) >= 11 is 3.54. The maximum atomic E-state index is 7.27. The van der Waals surface area contributed by atoms with Crippen LogP contribution in [0.15, 0.2) is 231 Å². The molecular formula is C89H68N10O2S2Si. The van der Waals surface area contributed by atoms with Crippen LogP contribution >= 0.6 is 22.7 Å². The second-order valence-electron chi connectivity index (χ2n) is 31.6. The fourth-order valence-corrected chi connectivity index (χ4v) is 22.6. The van der Waals surface area contributed by atoms with E-state index in [1.54, 1.807) is 22.7 Å². The second-order valence-corrected chi connectivity index (χ2v) is 37.9. The van der Waals surface area contributed by atoms with E-state index in [0.29, 0.717) is 0 Å². The van der Waals surface area contributed by atoms with Gasteiger partial charge in [0.1, 0.15) is 31.1 Å². The van der Waals surface area contributed by atoms with Crippen molar-refractivity contribution < 1.29 is 9.47 Å². The number of ether oxygens (including phenoxy) is 2. The van der Waals surface area contributed by atoms with E-state index >= 15 is 0 Å². The number of nitrogens with zero attached hydrogens (tertiary/aromatic N) is 10. The van der Waals surface area contributed by atoms with Crippen LogP contribution in [0.25, 0.3) is 153 Å². The highest BCUT2D eigenvalue weighted by Gasteiger charge is 2.41. The Kier molecular flexibility index (Phi) is 11.9. The average Bonchev–Trinajstić information content (AvgIpc) is 0.915. The van der Waals surface area contributed by atoms with Gasteiger partial charge in [0, 0.05) is 39.4 Å². The summed E-state index contributed by atoms with van der Waals surface area (Å²) in [5.74, 6) is 5.35. The van der Waals surface area contributed by atoms with Crippen LogP contribution in [-0.4, -0.2) is 54.7 Å². The Hall–Kier alpha value is -11.6. The number of imidazole rings is 6. The molecule has 0 spiro atoms. The number of para-hydroxylation sites is 8. The molecule has 0 bridgehead atoms. The Morgan fingerprint density at radius 2 is 0.798 bits per heavy atom. The Morgan fingerprint density at radius 1 is 0.346 bits per heavy atom. The number of fused-ring (bicyclic) bond motifs is 24. The smallest absolute Gasteiger partial charge is 0.220 e. The van der Waals surface area contributed by atoms with Crippen molar-refractivity contribution in [3.63, 3.8) is 0 Å². The average molecular weight is 1400 g/mol. The molecule has 0 saturated carbocycles. The molecule has 8 aromatic heterocycles. The molecule has 2 aliphatic heterocycles. The molecule has 0 atom stereocenters.